The van der Waals surface area contributed by atoms with Crippen LogP contribution in [0.4, 0.5) is 0 Å². The Morgan fingerprint density at radius 3 is 2.45 bits per heavy atom. The molecule has 2 saturated heterocycles. The number of phenols is 1. The summed E-state index contributed by atoms with van der Waals surface area (Å²) in [6.45, 7) is 17.3. The number of ketones is 2. The number of ether oxygens (including phenoxy) is 4. The first-order valence-corrected chi connectivity index (χ1v) is 21.6. The van der Waals surface area contributed by atoms with Crippen molar-refractivity contribution in [2.45, 2.75) is 116 Å². The van der Waals surface area contributed by atoms with Crippen LogP contribution in [-0.4, -0.2) is 70.1 Å². The van der Waals surface area contributed by atoms with Crippen molar-refractivity contribution >= 4 is 29.3 Å². The van der Waals surface area contributed by atoms with E-state index >= 15 is 4.79 Å². The number of allylic oxidation sites excluding steroid dienone is 5. The van der Waals surface area contributed by atoms with Crippen LogP contribution < -0.4 is 14.8 Å². The quantitative estimate of drug-likeness (QED) is 0.154. The van der Waals surface area contributed by atoms with Crippen LogP contribution in [0.3, 0.4) is 0 Å². The minimum absolute atomic E-state index is 0.0574. The van der Waals surface area contributed by atoms with Crippen LogP contribution >= 0.6 is 0 Å². The average Bonchev–Trinajstić information content (AvgIpc) is 3.80. The molecule has 10 heteroatoms. The highest BCUT2D eigenvalue weighted by atomic mass is 16.6. The first-order chi connectivity index (χ1) is 28.5. The van der Waals surface area contributed by atoms with Crippen molar-refractivity contribution in [3.05, 3.63) is 98.7 Å². The highest BCUT2D eigenvalue weighted by Crippen LogP contribution is 2.78. The van der Waals surface area contributed by atoms with E-state index in [-0.39, 0.29) is 29.7 Å². The van der Waals surface area contributed by atoms with Crippen LogP contribution in [0.5, 0.6) is 17.2 Å². The molecule has 0 amide bonds. The fourth-order valence-corrected chi connectivity index (χ4v) is 13.0. The Kier molecular flexibility index (Phi) is 8.37. The van der Waals surface area contributed by atoms with Gasteiger partial charge in [-0.2, -0.15) is 0 Å². The number of benzene rings is 2. The third-order valence-corrected chi connectivity index (χ3v) is 15.3. The molecule has 4 bridgehead atoms. The molecule has 11 rings (SSSR count). The van der Waals surface area contributed by atoms with Crippen molar-refractivity contribution < 1.29 is 38.4 Å². The summed E-state index contributed by atoms with van der Waals surface area (Å²) >= 11 is 0. The Balaban J connectivity index is 1.31. The summed E-state index contributed by atoms with van der Waals surface area (Å²) in [5, 5.41) is 17.1. The molecule has 2 N–H and O–H groups in total. The van der Waals surface area contributed by atoms with E-state index in [1.54, 1.807) is 13.0 Å². The van der Waals surface area contributed by atoms with Gasteiger partial charge in [-0.15, -0.1) is 0 Å². The maximum atomic E-state index is 15.8. The summed E-state index contributed by atoms with van der Waals surface area (Å²) in [4.78, 5) is 46.0. The molecule has 60 heavy (non-hydrogen) atoms. The van der Waals surface area contributed by atoms with Crippen LogP contribution in [0.1, 0.15) is 114 Å². The largest absolute Gasteiger partial charge is 0.507 e. The number of rotatable bonds is 8. The van der Waals surface area contributed by atoms with Crippen molar-refractivity contribution in [2.75, 3.05) is 20.2 Å². The minimum Gasteiger partial charge on any atom is -0.507 e. The number of aromatic hydroxyl groups is 1. The fraction of sp³-hybridized carbons (Fsp3) is 0.500. The van der Waals surface area contributed by atoms with Crippen LogP contribution in [0.25, 0.3) is 11.8 Å². The molecule has 5 aliphatic heterocycles. The Bertz CT molecular complexity index is 2480. The molecule has 3 saturated carbocycles. The van der Waals surface area contributed by atoms with Gasteiger partial charge in [0.1, 0.15) is 28.5 Å². The van der Waals surface area contributed by atoms with Crippen molar-refractivity contribution in [3.63, 3.8) is 0 Å². The van der Waals surface area contributed by atoms with Crippen molar-refractivity contribution in [1.82, 2.24) is 10.2 Å². The standard InChI is InChI=1S/C50H56N2O8/c1-26(2)13-12-20-47(8)21-19-31-40(54)37-42(32(41(31)58-47)17-16-27(3)4)59-49-34-25-33(44(55)48(49,60-46(34,6)7)22-18-28(5)45(56)57-9)35-36-38(29-14-10-11-15-30(29)39(36)53)52-24-23-51-50(37,52)43(35)49/h10-11,13-16,18-19,21,33-35,43,51,54H,12,17,20,22-25H2,1-9H3. The lowest BCUT2D eigenvalue weighted by Crippen LogP contribution is -2.84. The predicted molar refractivity (Wildman–Crippen MR) is 227 cm³/mol. The molecular formula is C50H56N2O8. The molecule has 8 atom stereocenters. The second kappa shape index (κ2) is 12.8. The normalized spacial score (nSPS) is 34.1. The number of hydrogen-bond donors (Lipinski definition) is 2. The molecule has 4 aliphatic carbocycles. The Hall–Kier alpha value is -4.93. The maximum Gasteiger partial charge on any atom is 0.333 e. The van der Waals surface area contributed by atoms with Crippen molar-refractivity contribution in [1.29, 1.82) is 0 Å². The monoisotopic (exact) mass is 812 g/mol. The van der Waals surface area contributed by atoms with Crippen LogP contribution in [0.2, 0.25) is 0 Å². The zero-order valence-corrected chi connectivity index (χ0v) is 36.2. The summed E-state index contributed by atoms with van der Waals surface area (Å²) in [5.74, 6) is -1.54. The molecule has 5 heterocycles. The number of esters is 1. The van der Waals surface area contributed by atoms with Gasteiger partial charge in [0.15, 0.2) is 22.8 Å². The molecule has 0 aromatic heterocycles. The van der Waals surface area contributed by atoms with E-state index in [0.717, 1.165) is 35.2 Å². The van der Waals surface area contributed by atoms with Crippen LogP contribution in [-0.2, 0) is 31.1 Å². The average molecular weight is 813 g/mol. The molecule has 2 spiro atoms. The van der Waals surface area contributed by atoms with E-state index in [9.17, 15) is 14.7 Å². The summed E-state index contributed by atoms with van der Waals surface area (Å²) in [6.07, 6.45) is 12.7. The molecular weight excluding hydrogens is 757 g/mol. The molecule has 0 radical (unpaired) electrons. The van der Waals surface area contributed by atoms with Crippen molar-refractivity contribution in [2.24, 2.45) is 23.7 Å². The van der Waals surface area contributed by atoms with E-state index in [2.05, 4.69) is 63.1 Å². The SMILES string of the molecule is COC(=O)C(C)=CCC12OC(C)(C)C3CC(C1=O)C1C4=C(c5ccccc5C4=O)N4CCNC45c4c(O)c6c(c(CC=C(C)C)c4OC32C15)OC(C)(CCC=C(C)C)C=C6. The zero-order valence-electron chi connectivity index (χ0n) is 36.2. The molecule has 10 nitrogen and oxygen atoms in total. The van der Waals surface area contributed by atoms with Gasteiger partial charge in [0.2, 0.25) is 0 Å². The number of nitrogens with zero attached hydrogens (tertiary/aromatic N) is 1. The Labute approximate surface area is 352 Å². The third-order valence-electron chi connectivity index (χ3n) is 15.3. The number of carbonyl (C=O) groups excluding carboxylic acids is 3. The second-order valence-electron chi connectivity index (χ2n) is 19.6. The molecule has 314 valence electrons. The number of methoxy groups -OCH3 is 1. The lowest BCUT2D eigenvalue weighted by atomic mass is 9.39. The van der Waals surface area contributed by atoms with Gasteiger partial charge in [-0.1, -0.05) is 53.6 Å². The zero-order chi connectivity index (χ0) is 42.5. The van der Waals surface area contributed by atoms with Gasteiger partial charge in [-0.25, -0.2) is 4.79 Å². The van der Waals surface area contributed by atoms with Crippen LogP contribution in [0.15, 0.2) is 70.9 Å². The summed E-state index contributed by atoms with van der Waals surface area (Å²) in [5.41, 5.74) is 2.11. The lowest BCUT2D eigenvalue weighted by molar-refractivity contribution is -0.245. The Morgan fingerprint density at radius 1 is 1.00 bits per heavy atom. The second-order valence-corrected chi connectivity index (χ2v) is 19.6. The van der Waals surface area contributed by atoms with Crippen molar-refractivity contribution in [3.8, 4) is 17.2 Å². The van der Waals surface area contributed by atoms with Gasteiger partial charge in [-0.05, 0) is 93.2 Å². The summed E-state index contributed by atoms with van der Waals surface area (Å²) < 4.78 is 27.4. The van der Waals surface area contributed by atoms with Gasteiger partial charge >= 0.3 is 5.97 Å². The van der Waals surface area contributed by atoms with E-state index in [0.29, 0.717) is 65.3 Å². The smallest absolute Gasteiger partial charge is 0.333 e. The van der Waals surface area contributed by atoms with E-state index in [1.165, 1.54) is 12.7 Å². The molecule has 2 aromatic carbocycles. The first kappa shape index (κ1) is 39.2. The summed E-state index contributed by atoms with van der Waals surface area (Å²) in [7, 11) is 1.35. The first-order valence-electron chi connectivity index (χ1n) is 21.6. The van der Waals surface area contributed by atoms with Gasteiger partial charge in [0, 0.05) is 65.1 Å². The number of hydrogen-bond acceptors (Lipinski definition) is 10. The lowest BCUT2D eigenvalue weighted by Gasteiger charge is -2.70. The van der Waals surface area contributed by atoms with Gasteiger partial charge in [0.05, 0.1) is 35.5 Å². The highest BCUT2D eigenvalue weighted by molar-refractivity contribution is 6.22. The number of phenolic OH excluding ortho intramolecular Hbond substituents is 1. The maximum absolute atomic E-state index is 15.8. The number of Topliss-reactive ketones (excluding diaryl/α,β-unsaturated/α-hetero) is 2. The molecule has 8 unspecified atom stereocenters. The third kappa shape index (κ3) is 4.75. The highest BCUT2D eigenvalue weighted by Gasteiger charge is 2.89. The fourth-order valence-electron chi connectivity index (χ4n) is 13.0. The molecule has 5 fully saturated rings. The number of nitrogens with one attached hydrogen (secondary N) is 1. The Morgan fingerprint density at radius 2 is 1.73 bits per heavy atom. The summed E-state index contributed by atoms with van der Waals surface area (Å²) in [6, 6.07) is 7.76. The van der Waals surface area contributed by atoms with E-state index in [4.69, 9.17) is 18.9 Å². The van der Waals surface area contributed by atoms with Crippen LogP contribution in [0, 0.1) is 23.7 Å². The predicted octanol–water partition coefficient (Wildman–Crippen LogP) is 8.13. The topological polar surface area (TPSA) is 124 Å². The van der Waals surface area contributed by atoms with E-state index < -0.39 is 51.8 Å². The van der Waals surface area contributed by atoms with E-state index in [1.807, 2.05) is 44.2 Å². The van der Waals surface area contributed by atoms with Gasteiger partial charge < -0.3 is 29.0 Å². The van der Waals surface area contributed by atoms with Gasteiger partial charge in [0.25, 0.3) is 0 Å². The minimum atomic E-state index is -1.55. The van der Waals surface area contributed by atoms with Gasteiger partial charge in [-0.3, -0.25) is 14.9 Å². The number of fused-ring (bicyclic) bond motifs is 5. The molecule has 9 aliphatic rings. The number of carbonyl (C=O) groups is 3. The molecule has 2 aromatic rings.